The van der Waals surface area contributed by atoms with Gasteiger partial charge in [0.25, 0.3) is 5.56 Å². The zero-order valence-electron chi connectivity index (χ0n) is 15.5. The number of fused-ring (bicyclic) bond motifs is 1. The Labute approximate surface area is 181 Å². The summed E-state index contributed by atoms with van der Waals surface area (Å²) in [6, 6.07) is 7.02. The number of hydrogen-bond donors (Lipinski definition) is 2. The maximum Gasteiger partial charge on any atom is 0.262 e. The highest BCUT2D eigenvalue weighted by atomic mass is 35.5. The Kier molecular flexibility index (Phi) is 7.13. The van der Waals surface area contributed by atoms with Crippen LogP contribution in [0.15, 0.2) is 40.4 Å². The van der Waals surface area contributed by atoms with Crippen LogP contribution in [0.2, 0.25) is 10.0 Å². The molecule has 3 aromatic rings. The van der Waals surface area contributed by atoms with E-state index in [1.165, 1.54) is 10.8 Å². The van der Waals surface area contributed by atoms with Gasteiger partial charge in [0.2, 0.25) is 5.91 Å². The number of benzene rings is 1. The molecule has 3 rings (SSSR count). The van der Waals surface area contributed by atoms with Crippen molar-refractivity contribution in [3.05, 3.63) is 56.4 Å². The molecule has 0 saturated heterocycles. The molecular weight excluding hydrogens is 435 g/mol. The third kappa shape index (κ3) is 4.90. The van der Waals surface area contributed by atoms with Gasteiger partial charge >= 0.3 is 0 Å². The second-order valence-corrected chi connectivity index (χ2v) is 7.90. The standard InChI is InChI=1S/C19H18Cl2N4O3S/c1-11-13(20)9-22-17(16(11)21)24-15(27)10-29-19-23-14-6-3-2-5-12(14)18(28)25(19)7-4-8-26/h2-3,5-6,9,26H,4,7-8,10H2,1H3,(H,22,24,27). The SMILES string of the molecule is Cc1c(Cl)cnc(NC(=O)CSc2nc3ccccc3c(=O)n2CCCO)c1Cl. The molecule has 7 nitrogen and oxygen atoms in total. The van der Waals surface area contributed by atoms with Crippen LogP contribution in [-0.2, 0) is 11.3 Å². The van der Waals surface area contributed by atoms with Gasteiger partial charge in [-0.25, -0.2) is 9.97 Å². The molecule has 0 aliphatic heterocycles. The van der Waals surface area contributed by atoms with Crippen LogP contribution in [0, 0.1) is 6.92 Å². The number of thioether (sulfide) groups is 1. The van der Waals surface area contributed by atoms with Crippen molar-refractivity contribution in [3.8, 4) is 0 Å². The highest BCUT2D eigenvalue weighted by Gasteiger charge is 2.15. The first-order valence-electron chi connectivity index (χ1n) is 8.76. The first kappa shape index (κ1) is 21.6. The predicted octanol–water partition coefficient (Wildman–Crippen LogP) is 3.52. The summed E-state index contributed by atoms with van der Waals surface area (Å²) in [4.78, 5) is 33.7. The molecule has 0 radical (unpaired) electrons. The molecule has 2 aromatic heterocycles. The minimum Gasteiger partial charge on any atom is -0.396 e. The average molecular weight is 453 g/mol. The van der Waals surface area contributed by atoms with Crippen LogP contribution in [0.3, 0.4) is 0 Å². The average Bonchev–Trinajstić information content (AvgIpc) is 2.72. The van der Waals surface area contributed by atoms with Gasteiger partial charge in [-0.3, -0.25) is 14.2 Å². The van der Waals surface area contributed by atoms with E-state index in [9.17, 15) is 9.59 Å². The Bertz CT molecular complexity index is 1120. The van der Waals surface area contributed by atoms with Crippen LogP contribution in [0.4, 0.5) is 5.82 Å². The predicted molar refractivity (Wildman–Crippen MR) is 116 cm³/mol. The number of amides is 1. The number of pyridine rings is 1. The maximum atomic E-state index is 12.8. The van der Waals surface area contributed by atoms with Gasteiger partial charge in [0.15, 0.2) is 11.0 Å². The number of anilines is 1. The number of aromatic nitrogens is 3. The molecule has 10 heteroatoms. The summed E-state index contributed by atoms with van der Waals surface area (Å²) in [5.41, 5.74) is 0.976. The lowest BCUT2D eigenvalue weighted by Gasteiger charge is -2.13. The number of aliphatic hydroxyl groups excluding tert-OH is 1. The Morgan fingerprint density at radius 2 is 2.07 bits per heavy atom. The van der Waals surface area contributed by atoms with Crippen LogP contribution in [-0.4, -0.2) is 37.9 Å². The molecule has 1 aromatic carbocycles. The Hall–Kier alpha value is -2.13. The minimum absolute atomic E-state index is 0.00356. The third-order valence-electron chi connectivity index (χ3n) is 4.16. The molecule has 2 heterocycles. The van der Waals surface area contributed by atoms with Gasteiger partial charge in [-0.1, -0.05) is 47.1 Å². The molecule has 152 valence electrons. The first-order valence-corrected chi connectivity index (χ1v) is 10.5. The summed E-state index contributed by atoms with van der Waals surface area (Å²) >= 11 is 13.3. The molecule has 29 heavy (non-hydrogen) atoms. The molecular formula is C19H18Cl2N4O3S. The summed E-state index contributed by atoms with van der Waals surface area (Å²) in [7, 11) is 0. The highest BCUT2D eigenvalue weighted by Crippen LogP contribution is 2.28. The lowest BCUT2D eigenvalue weighted by atomic mass is 10.2. The van der Waals surface area contributed by atoms with Crippen molar-refractivity contribution >= 4 is 57.6 Å². The summed E-state index contributed by atoms with van der Waals surface area (Å²) in [5.74, 6) is -0.116. The zero-order chi connectivity index (χ0) is 21.0. The summed E-state index contributed by atoms with van der Waals surface area (Å²) in [6.45, 7) is 1.99. The van der Waals surface area contributed by atoms with Gasteiger partial charge in [-0.05, 0) is 31.0 Å². The van der Waals surface area contributed by atoms with E-state index in [-0.39, 0.29) is 34.7 Å². The monoisotopic (exact) mass is 452 g/mol. The van der Waals surface area contributed by atoms with Crippen LogP contribution < -0.4 is 10.9 Å². The largest absolute Gasteiger partial charge is 0.396 e. The van der Waals surface area contributed by atoms with E-state index in [0.717, 1.165) is 11.8 Å². The summed E-state index contributed by atoms with van der Waals surface area (Å²) in [6.07, 6.45) is 1.83. The van der Waals surface area contributed by atoms with Crippen LogP contribution in [0.25, 0.3) is 10.9 Å². The van der Waals surface area contributed by atoms with E-state index < -0.39 is 0 Å². The second-order valence-electron chi connectivity index (χ2n) is 6.18. The second kappa shape index (κ2) is 9.58. The van der Waals surface area contributed by atoms with E-state index in [4.69, 9.17) is 28.3 Å². The smallest absolute Gasteiger partial charge is 0.262 e. The van der Waals surface area contributed by atoms with Crippen molar-refractivity contribution < 1.29 is 9.90 Å². The van der Waals surface area contributed by atoms with E-state index in [1.54, 1.807) is 31.2 Å². The van der Waals surface area contributed by atoms with E-state index in [0.29, 0.717) is 39.6 Å². The van der Waals surface area contributed by atoms with E-state index in [1.807, 2.05) is 0 Å². The lowest BCUT2D eigenvalue weighted by molar-refractivity contribution is -0.113. The van der Waals surface area contributed by atoms with Crippen LogP contribution in [0.5, 0.6) is 0 Å². The number of aliphatic hydroxyl groups is 1. The van der Waals surface area contributed by atoms with Crippen LogP contribution >= 0.6 is 35.0 Å². The molecule has 0 atom stereocenters. The van der Waals surface area contributed by atoms with Crippen molar-refractivity contribution in [2.75, 3.05) is 17.7 Å². The number of hydrogen-bond acceptors (Lipinski definition) is 6. The Morgan fingerprint density at radius 1 is 1.31 bits per heavy atom. The topological polar surface area (TPSA) is 97.1 Å². The zero-order valence-corrected chi connectivity index (χ0v) is 17.8. The van der Waals surface area contributed by atoms with Gasteiger partial charge in [-0.15, -0.1) is 0 Å². The van der Waals surface area contributed by atoms with Gasteiger partial charge in [0, 0.05) is 19.3 Å². The highest BCUT2D eigenvalue weighted by molar-refractivity contribution is 7.99. The number of para-hydroxylation sites is 1. The van der Waals surface area contributed by atoms with Crippen molar-refractivity contribution in [1.29, 1.82) is 0 Å². The van der Waals surface area contributed by atoms with Gasteiger partial charge in [0.1, 0.15) is 0 Å². The van der Waals surface area contributed by atoms with Crippen LogP contribution in [0.1, 0.15) is 12.0 Å². The van der Waals surface area contributed by atoms with Crippen molar-refractivity contribution in [2.24, 2.45) is 0 Å². The maximum absolute atomic E-state index is 12.8. The molecule has 1 amide bonds. The molecule has 2 N–H and O–H groups in total. The van der Waals surface area contributed by atoms with Gasteiger partial charge in [-0.2, -0.15) is 0 Å². The Morgan fingerprint density at radius 3 is 2.83 bits per heavy atom. The molecule has 0 aliphatic rings. The van der Waals surface area contributed by atoms with Crippen molar-refractivity contribution in [1.82, 2.24) is 14.5 Å². The lowest BCUT2D eigenvalue weighted by Crippen LogP contribution is -2.25. The molecule has 0 saturated carbocycles. The molecule has 0 unspecified atom stereocenters. The minimum atomic E-state index is -0.345. The summed E-state index contributed by atoms with van der Waals surface area (Å²) < 4.78 is 1.48. The van der Waals surface area contributed by atoms with Crippen molar-refractivity contribution in [3.63, 3.8) is 0 Å². The fourth-order valence-corrected chi connectivity index (χ4v) is 3.84. The third-order valence-corrected chi connectivity index (χ3v) is 5.98. The quantitative estimate of drug-likeness (QED) is 0.420. The first-order chi connectivity index (χ1) is 13.9. The molecule has 0 fully saturated rings. The van der Waals surface area contributed by atoms with E-state index >= 15 is 0 Å². The fraction of sp³-hybridized carbons (Fsp3) is 0.263. The Balaban J connectivity index is 1.81. The molecule has 0 spiro atoms. The number of halogens is 2. The summed E-state index contributed by atoms with van der Waals surface area (Å²) in [5, 5.41) is 13.4. The van der Waals surface area contributed by atoms with Crippen molar-refractivity contribution in [2.45, 2.75) is 25.0 Å². The molecule has 0 aliphatic carbocycles. The number of carbonyl (C=O) groups excluding carboxylic acids is 1. The number of carbonyl (C=O) groups is 1. The normalized spacial score (nSPS) is 11.0. The number of rotatable bonds is 7. The molecule has 0 bridgehead atoms. The fourth-order valence-electron chi connectivity index (χ4n) is 2.63. The number of nitrogens with zero attached hydrogens (tertiary/aromatic N) is 3. The van der Waals surface area contributed by atoms with Gasteiger partial charge in [0.05, 0.1) is 26.7 Å². The van der Waals surface area contributed by atoms with E-state index in [2.05, 4.69) is 15.3 Å². The van der Waals surface area contributed by atoms with Gasteiger partial charge < -0.3 is 10.4 Å². The number of nitrogens with one attached hydrogen (secondary N) is 1.